The molecule has 2 aliphatic heterocycles. The molecule has 0 radical (unpaired) electrons. The van der Waals surface area contributed by atoms with Crippen LogP contribution in [0.5, 0.6) is 0 Å². The van der Waals surface area contributed by atoms with Crippen LogP contribution in [0.15, 0.2) is 0 Å². The first-order chi connectivity index (χ1) is 11.2. The van der Waals surface area contributed by atoms with Crippen LogP contribution in [-0.2, 0) is 11.2 Å². The highest BCUT2D eigenvalue weighted by molar-refractivity contribution is 7.15. The number of amides is 1. The number of anilines is 1. The molecule has 126 valence electrons. The molecular formula is C17H26N4OS. The number of hydrogen-bond acceptors (Lipinski definition) is 5. The van der Waals surface area contributed by atoms with Gasteiger partial charge in [-0.15, -0.1) is 11.3 Å². The Hall–Kier alpha value is -1.14. The van der Waals surface area contributed by atoms with E-state index >= 15 is 0 Å². The van der Waals surface area contributed by atoms with Crippen molar-refractivity contribution in [1.82, 2.24) is 14.8 Å². The number of nitrogens with zero attached hydrogens (tertiary/aromatic N) is 3. The molecule has 0 spiro atoms. The zero-order valence-corrected chi connectivity index (χ0v) is 14.5. The maximum absolute atomic E-state index is 13.2. The van der Waals surface area contributed by atoms with Crippen LogP contribution in [-0.4, -0.2) is 52.9 Å². The van der Waals surface area contributed by atoms with Gasteiger partial charge in [0, 0.05) is 24.0 Å². The highest BCUT2D eigenvalue weighted by Crippen LogP contribution is 2.38. The van der Waals surface area contributed by atoms with Gasteiger partial charge in [-0.05, 0) is 58.0 Å². The molecule has 0 bridgehead atoms. The molecule has 2 atom stereocenters. The van der Waals surface area contributed by atoms with Gasteiger partial charge in [0.1, 0.15) is 0 Å². The van der Waals surface area contributed by atoms with Gasteiger partial charge in [0.25, 0.3) is 0 Å². The van der Waals surface area contributed by atoms with Crippen LogP contribution in [0.1, 0.15) is 55.0 Å². The molecule has 6 heteroatoms. The van der Waals surface area contributed by atoms with Crippen LogP contribution in [0.4, 0.5) is 5.13 Å². The molecule has 5 nitrogen and oxygen atoms in total. The van der Waals surface area contributed by atoms with Crippen molar-refractivity contribution in [3.8, 4) is 0 Å². The number of aryl methyl sites for hydroxylation is 1. The van der Waals surface area contributed by atoms with Gasteiger partial charge in [-0.2, -0.15) is 0 Å². The van der Waals surface area contributed by atoms with Crippen LogP contribution >= 0.6 is 11.3 Å². The minimum absolute atomic E-state index is 0.0496. The number of rotatable bonds is 3. The molecule has 2 N–H and O–H groups in total. The van der Waals surface area contributed by atoms with E-state index in [4.69, 9.17) is 5.73 Å². The van der Waals surface area contributed by atoms with Crippen LogP contribution in [0.3, 0.4) is 0 Å². The summed E-state index contributed by atoms with van der Waals surface area (Å²) < 4.78 is 0. The van der Waals surface area contributed by atoms with E-state index in [0.717, 1.165) is 50.9 Å². The average molecular weight is 334 g/mol. The van der Waals surface area contributed by atoms with Crippen LogP contribution in [0.2, 0.25) is 0 Å². The Kier molecular flexibility index (Phi) is 4.28. The number of nitrogens with two attached hydrogens (primary N) is 1. The van der Waals surface area contributed by atoms with Gasteiger partial charge in [-0.3, -0.25) is 4.79 Å². The minimum Gasteiger partial charge on any atom is -0.375 e. The van der Waals surface area contributed by atoms with Crippen LogP contribution in [0, 0.1) is 0 Å². The van der Waals surface area contributed by atoms with Crippen molar-refractivity contribution >= 4 is 22.4 Å². The standard InChI is InChI=1S/C17H26N4OS/c18-17-19-15-13(6-3-7-14(15)23-17)16(22)21-10-4-5-12(21)11-20-8-1-2-9-20/h12-13H,1-11H2,(H2,18,19). The van der Waals surface area contributed by atoms with Gasteiger partial charge in [0.05, 0.1) is 11.6 Å². The number of thiazole rings is 1. The molecule has 2 saturated heterocycles. The molecule has 0 saturated carbocycles. The molecule has 1 amide bonds. The zero-order valence-electron chi connectivity index (χ0n) is 13.7. The van der Waals surface area contributed by atoms with Crippen LogP contribution < -0.4 is 5.73 Å². The molecule has 1 aliphatic carbocycles. The van der Waals surface area contributed by atoms with Crippen molar-refractivity contribution in [3.05, 3.63) is 10.6 Å². The lowest BCUT2D eigenvalue weighted by atomic mass is 9.89. The fourth-order valence-corrected chi connectivity index (χ4v) is 5.39. The molecule has 1 aromatic heterocycles. The van der Waals surface area contributed by atoms with E-state index in [0.29, 0.717) is 17.1 Å². The van der Waals surface area contributed by atoms with Gasteiger partial charge in [-0.25, -0.2) is 4.98 Å². The molecule has 3 aliphatic rings. The maximum atomic E-state index is 13.2. The summed E-state index contributed by atoms with van der Waals surface area (Å²) in [6.45, 7) is 4.39. The van der Waals surface area contributed by atoms with Crippen LogP contribution in [0.25, 0.3) is 0 Å². The Morgan fingerprint density at radius 3 is 2.83 bits per heavy atom. The second kappa shape index (κ2) is 6.40. The van der Waals surface area contributed by atoms with E-state index < -0.39 is 0 Å². The smallest absolute Gasteiger partial charge is 0.232 e. The summed E-state index contributed by atoms with van der Waals surface area (Å²) in [7, 11) is 0. The lowest BCUT2D eigenvalue weighted by Gasteiger charge is -2.32. The van der Waals surface area contributed by atoms with Gasteiger partial charge < -0.3 is 15.5 Å². The number of likely N-dealkylation sites (tertiary alicyclic amines) is 2. The molecule has 3 heterocycles. The Morgan fingerprint density at radius 1 is 1.17 bits per heavy atom. The summed E-state index contributed by atoms with van der Waals surface area (Å²) >= 11 is 1.57. The predicted octanol–water partition coefficient (Wildman–Crippen LogP) is 2.23. The first kappa shape index (κ1) is 15.4. The van der Waals surface area contributed by atoms with Gasteiger partial charge in [0.15, 0.2) is 5.13 Å². The van der Waals surface area contributed by atoms with Crippen molar-refractivity contribution in [1.29, 1.82) is 0 Å². The van der Waals surface area contributed by atoms with E-state index in [1.165, 1.54) is 30.8 Å². The Labute approximate surface area is 141 Å². The van der Waals surface area contributed by atoms with Gasteiger partial charge >= 0.3 is 0 Å². The molecule has 2 fully saturated rings. The van der Waals surface area contributed by atoms with Crippen molar-refractivity contribution in [3.63, 3.8) is 0 Å². The second-order valence-electron chi connectivity index (χ2n) is 7.14. The SMILES string of the molecule is Nc1nc2c(s1)CCCC2C(=O)N1CCCC1CN1CCCC1. The normalized spacial score (nSPS) is 28.3. The third-order valence-corrected chi connectivity index (χ3v) is 6.56. The predicted molar refractivity (Wildman–Crippen MR) is 92.6 cm³/mol. The Bertz CT molecular complexity index is 581. The number of hydrogen-bond donors (Lipinski definition) is 1. The fraction of sp³-hybridized carbons (Fsp3) is 0.765. The van der Waals surface area contributed by atoms with E-state index in [1.54, 1.807) is 11.3 Å². The Balaban J connectivity index is 1.49. The Morgan fingerprint density at radius 2 is 2.00 bits per heavy atom. The highest BCUT2D eigenvalue weighted by atomic mass is 32.1. The largest absolute Gasteiger partial charge is 0.375 e. The summed E-state index contributed by atoms with van der Waals surface area (Å²) in [5, 5.41) is 0.615. The average Bonchev–Trinajstić information content (AvgIpc) is 3.26. The van der Waals surface area contributed by atoms with E-state index in [9.17, 15) is 4.79 Å². The fourth-order valence-electron chi connectivity index (χ4n) is 4.46. The van der Waals surface area contributed by atoms with Crippen molar-refractivity contribution in [2.45, 2.75) is 56.9 Å². The lowest BCUT2D eigenvalue weighted by Crippen LogP contribution is -2.44. The number of carbonyl (C=O) groups is 1. The molecule has 23 heavy (non-hydrogen) atoms. The van der Waals surface area contributed by atoms with E-state index in [-0.39, 0.29) is 5.92 Å². The molecule has 2 unspecified atom stereocenters. The summed E-state index contributed by atoms with van der Waals surface area (Å²) in [5.74, 6) is 0.254. The van der Waals surface area contributed by atoms with Crippen molar-refractivity contribution in [2.75, 3.05) is 31.9 Å². The summed E-state index contributed by atoms with van der Waals surface area (Å²) in [5.41, 5.74) is 6.87. The third-order valence-electron chi connectivity index (χ3n) is 5.60. The summed E-state index contributed by atoms with van der Waals surface area (Å²) in [6.07, 6.45) is 7.96. The van der Waals surface area contributed by atoms with E-state index in [2.05, 4.69) is 14.8 Å². The van der Waals surface area contributed by atoms with Crippen molar-refractivity contribution in [2.24, 2.45) is 0 Å². The minimum atomic E-state index is -0.0496. The topological polar surface area (TPSA) is 62.5 Å². The third kappa shape index (κ3) is 2.98. The number of nitrogen functional groups attached to an aromatic ring is 1. The highest BCUT2D eigenvalue weighted by Gasteiger charge is 2.38. The first-order valence-corrected chi connectivity index (χ1v) is 9.82. The quantitative estimate of drug-likeness (QED) is 0.921. The molecular weight excluding hydrogens is 308 g/mol. The van der Waals surface area contributed by atoms with Crippen molar-refractivity contribution < 1.29 is 4.79 Å². The summed E-state index contributed by atoms with van der Waals surface area (Å²) in [4.78, 5) is 23.6. The molecule has 0 aromatic carbocycles. The monoisotopic (exact) mass is 334 g/mol. The number of aromatic nitrogens is 1. The van der Waals surface area contributed by atoms with Gasteiger partial charge in [-0.1, -0.05) is 0 Å². The zero-order chi connectivity index (χ0) is 15.8. The number of fused-ring (bicyclic) bond motifs is 1. The van der Waals surface area contributed by atoms with E-state index in [1.807, 2.05) is 0 Å². The summed E-state index contributed by atoms with van der Waals surface area (Å²) in [6, 6.07) is 0.405. The number of carbonyl (C=O) groups excluding carboxylic acids is 1. The van der Waals surface area contributed by atoms with Gasteiger partial charge in [0.2, 0.25) is 5.91 Å². The maximum Gasteiger partial charge on any atom is 0.232 e. The molecule has 4 rings (SSSR count). The first-order valence-electron chi connectivity index (χ1n) is 9.00. The molecule has 1 aromatic rings. The second-order valence-corrected chi connectivity index (χ2v) is 8.26. The lowest BCUT2D eigenvalue weighted by molar-refractivity contribution is -0.134.